The van der Waals surface area contributed by atoms with Crippen molar-refractivity contribution in [3.05, 3.63) is 47.5 Å². The van der Waals surface area contributed by atoms with E-state index in [4.69, 9.17) is 4.74 Å². The third kappa shape index (κ3) is 5.85. The first-order chi connectivity index (χ1) is 15.7. The van der Waals surface area contributed by atoms with Gasteiger partial charge in [0.2, 0.25) is 5.91 Å². The summed E-state index contributed by atoms with van der Waals surface area (Å²) in [7, 11) is 1.52. The van der Waals surface area contributed by atoms with E-state index in [2.05, 4.69) is 25.9 Å². The molecule has 1 aliphatic rings. The van der Waals surface area contributed by atoms with Crippen LogP contribution in [0.25, 0.3) is 0 Å². The molecule has 1 aromatic heterocycles. The fourth-order valence-electron chi connectivity index (χ4n) is 3.99. The summed E-state index contributed by atoms with van der Waals surface area (Å²) in [6, 6.07) is 1.71. The first-order valence-electron chi connectivity index (χ1n) is 10.7. The zero-order valence-corrected chi connectivity index (χ0v) is 18.7. The highest BCUT2D eigenvalue weighted by atomic mass is 19.2. The zero-order chi connectivity index (χ0) is 24.1. The van der Waals surface area contributed by atoms with Crippen molar-refractivity contribution in [2.24, 2.45) is 5.92 Å². The number of nitrogens with zero attached hydrogens (tertiary/aromatic N) is 1. The van der Waals surface area contributed by atoms with Crippen molar-refractivity contribution in [1.82, 2.24) is 20.6 Å². The minimum absolute atomic E-state index is 0.0685. The molecule has 1 saturated carbocycles. The molecule has 1 aromatic carbocycles. The standard InChI is InChI=1S/C22H29F2N5O4/c1-11(2)20-26-10-17(28-20)18-16(9-13(19(18)30)21(31)25-6-7-33-3)29-22(32)27-12-4-5-14(23)15(24)8-12/h4-5,8,10-11,13,16,18-19,30H,6-7,9H2,1-3H3,(H,25,31)(H,26,28)(H2,27,29,32)/t13-,16+,18+,19+/m0/s1. The van der Waals surface area contributed by atoms with Crippen molar-refractivity contribution >= 4 is 17.6 Å². The Labute approximate surface area is 190 Å². The number of urea groups is 1. The summed E-state index contributed by atoms with van der Waals surface area (Å²) < 4.78 is 31.5. The number of aliphatic hydroxyl groups is 1. The number of carbonyl (C=O) groups excluding carboxylic acids is 2. The molecule has 9 nitrogen and oxygen atoms in total. The molecular formula is C22H29F2N5O4. The second kappa shape index (κ2) is 10.7. The molecule has 0 radical (unpaired) electrons. The van der Waals surface area contributed by atoms with Crippen LogP contribution in [0.3, 0.4) is 0 Å². The van der Waals surface area contributed by atoms with E-state index >= 15 is 0 Å². The predicted octanol–water partition coefficient (Wildman–Crippen LogP) is 2.23. The van der Waals surface area contributed by atoms with Gasteiger partial charge in [0.05, 0.1) is 18.6 Å². The van der Waals surface area contributed by atoms with Gasteiger partial charge in [-0.2, -0.15) is 0 Å². The van der Waals surface area contributed by atoms with E-state index in [1.54, 1.807) is 6.20 Å². The second-order valence-corrected chi connectivity index (χ2v) is 8.35. The minimum Gasteiger partial charge on any atom is -0.392 e. The molecule has 1 fully saturated rings. The fraction of sp³-hybridized carbons (Fsp3) is 0.500. The van der Waals surface area contributed by atoms with Gasteiger partial charge in [-0.15, -0.1) is 0 Å². The first-order valence-corrected chi connectivity index (χ1v) is 10.7. The van der Waals surface area contributed by atoms with Gasteiger partial charge in [0.1, 0.15) is 5.82 Å². The highest BCUT2D eigenvalue weighted by molar-refractivity contribution is 5.89. The Morgan fingerprint density at radius 3 is 2.70 bits per heavy atom. The maximum atomic E-state index is 13.5. The van der Waals surface area contributed by atoms with E-state index < -0.39 is 41.6 Å². The Kier molecular flexibility index (Phi) is 7.98. The van der Waals surface area contributed by atoms with Crippen LogP contribution >= 0.6 is 0 Å². The lowest BCUT2D eigenvalue weighted by Crippen LogP contribution is -2.41. The Morgan fingerprint density at radius 2 is 2.06 bits per heavy atom. The Morgan fingerprint density at radius 1 is 1.30 bits per heavy atom. The van der Waals surface area contributed by atoms with Crippen molar-refractivity contribution in [3.63, 3.8) is 0 Å². The molecule has 1 aliphatic carbocycles. The van der Waals surface area contributed by atoms with Crippen molar-refractivity contribution in [2.75, 3.05) is 25.6 Å². The number of hydrogen-bond donors (Lipinski definition) is 5. The van der Waals surface area contributed by atoms with Crippen molar-refractivity contribution in [2.45, 2.75) is 44.2 Å². The van der Waals surface area contributed by atoms with Crippen LogP contribution in [0.1, 0.15) is 43.6 Å². The van der Waals surface area contributed by atoms with E-state index in [1.807, 2.05) is 13.8 Å². The van der Waals surface area contributed by atoms with Crippen LogP contribution in [-0.4, -0.2) is 59.4 Å². The lowest BCUT2D eigenvalue weighted by molar-refractivity contribution is -0.127. The van der Waals surface area contributed by atoms with Crippen LogP contribution < -0.4 is 16.0 Å². The number of methoxy groups -OCH3 is 1. The molecule has 1 heterocycles. The van der Waals surface area contributed by atoms with Crippen LogP contribution in [0.15, 0.2) is 24.4 Å². The van der Waals surface area contributed by atoms with Crippen LogP contribution in [0.4, 0.5) is 19.3 Å². The number of aromatic nitrogens is 2. The minimum atomic E-state index is -1.09. The highest BCUT2D eigenvalue weighted by Gasteiger charge is 2.47. The number of rotatable bonds is 8. The first kappa shape index (κ1) is 24.6. The number of H-pyrrole nitrogens is 1. The Balaban J connectivity index is 1.78. The summed E-state index contributed by atoms with van der Waals surface area (Å²) in [5, 5.41) is 18.9. The molecule has 180 valence electrons. The van der Waals surface area contributed by atoms with E-state index in [1.165, 1.54) is 13.2 Å². The van der Waals surface area contributed by atoms with E-state index in [0.29, 0.717) is 18.8 Å². The van der Waals surface area contributed by atoms with Crippen molar-refractivity contribution in [3.8, 4) is 0 Å². The van der Waals surface area contributed by atoms with E-state index in [-0.39, 0.29) is 23.9 Å². The molecule has 3 rings (SSSR count). The van der Waals surface area contributed by atoms with Crippen molar-refractivity contribution in [1.29, 1.82) is 0 Å². The molecule has 3 amide bonds. The molecule has 0 aliphatic heterocycles. The van der Waals surface area contributed by atoms with Gasteiger partial charge < -0.3 is 30.8 Å². The summed E-state index contributed by atoms with van der Waals surface area (Å²) in [6.45, 7) is 4.55. The second-order valence-electron chi connectivity index (χ2n) is 8.35. The quantitative estimate of drug-likeness (QED) is 0.382. The van der Waals surface area contributed by atoms with Crippen molar-refractivity contribution < 1.29 is 28.2 Å². The summed E-state index contributed by atoms with van der Waals surface area (Å²) in [5.74, 6) is -3.02. The molecular weight excluding hydrogens is 436 g/mol. The number of amides is 3. The SMILES string of the molecule is COCCNC(=O)[C@H]1C[C@@H](NC(=O)Nc2ccc(F)c(F)c2)[C@H](c2cnc(C(C)C)[nH]2)[C@@H]1O. The van der Waals surface area contributed by atoms with Gasteiger partial charge in [-0.3, -0.25) is 4.79 Å². The third-order valence-corrected chi connectivity index (χ3v) is 5.68. The number of aromatic amines is 1. The molecule has 2 aromatic rings. The average molecular weight is 466 g/mol. The molecule has 0 unspecified atom stereocenters. The number of aliphatic hydroxyl groups excluding tert-OH is 1. The molecule has 0 spiro atoms. The van der Waals surface area contributed by atoms with Crippen LogP contribution in [0.5, 0.6) is 0 Å². The topological polar surface area (TPSA) is 128 Å². The molecule has 33 heavy (non-hydrogen) atoms. The van der Waals surface area contributed by atoms with Gasteiger partial charge in [-0.1, -0.05) is 13.8 Å². The van der Waals surface area contributed by atoms with Crippen LogP contribution in [0.2, 0.25) is 0 Å². The monoisotopic (exact) mass is 465 g/mol. The number of nitrogens with one attached hydrogen (secondary N) is 4. The summed E-state index contributed by atoms with van der Waals surface area (Å²) in [4.78, 5) is 32.8. The van der Waals surface area contributed by atoms with Gasteiger partial charge >= 0.3 is 6.03 Å². The lowest BCUT2D eigenvalue weighted by Gasteiger charge is -2.22. The molecule has 4 atom stereocenters. The number of imidazole rings is 1. The summed E-state index contributed by atoms with van der Waals surface area (Å²) >= 11 is 0. The van der Waals surface area contributed by atoms with E-state index in [0.717, 1.165) is 18.0 Å². The maximum absolute atomic E-state index is 13.5. The average Bonchev–Trinajstić information content (AvgIpc) is 3.35. The van der Waals surface area contributed by atoms with Gasteiger partial charge in [0.25, 0.3) is 0 Å². The maximum Gasteiger partial charge on any atom is 0.319 e. The highest BCUT2D eigenvalue weighted by Crippen LogP contribution is 2.39. The number of hydrogen-bond acceptors (Lipinski definition) is 5. The van der Waals surface area contributed by atoms with Crippen LogP contribution in [0, 0.1) is 17.6 Å². The smallest absolute Gasteiger partial charge is 0.319 e. The molecule has 11 heteroatoms. The number of carbonyl (C=O) groups is 2. The number of anilines is 1. The molecule has 0 bridgehead atoms. The van der Waals surface area contributed by atoms with Gasteiger partial charge in [0, 0.05) is 55.2 Å². The Bertz CT molecular complexity index is 983. The zero-order valence-electron chi connectivity index (χ0n) is 18.7. The molecule has 5 N–H and O–H groups in total. The fourth-order valence-corrected chi connectivity index (χ4v) is 3.99. The number of benzene rings is 1. The summed E-state index contributed by atoms with van der Waals surface area (Å²) in [5.41, 5.74) is 0.663. The van der Waals surface area contributed by atoms with E-state index in [9.17, 15) is 23.5 Å². The predicted molar refractivity (Wildman–Crippen MR) is 117 cm³/mol. The third-order valence-electron chi connectivity index (χ3n) is 5.68. The largest absolute Gasteiger partial charge is 0.392 e. The number of ether oxygens (including phenoxy) is 1. The number of halogens is 2. The van der Waals surface area contributed by atoms with Gasteiger partial charge in [-0.05, 0) is 18.6 Å². The van der Waals surface area contributed by atoms with Gasteiger partial charge in [0.15, 0.2) is 11.6 Å². The van der Waals surface area contributed by atoms with Gasteiger partial charge in [-0.25, -0.2) is 18.6 Å². The summed E-state index contributed by atoms with van der Waals surface area (Å²) in [6.07, 6.45) is 0.684. The lowest BCUT2D eigenvalue weighted by atomic mass is 9.96. The van der Waals surface area contributed by atoms with Crippen LogP contribution in [-0.2, 0) is 9.53 Å². The molecule has 0 saturated heterocycles. The normalized spacial score (nSPS) is 22.4. The Hall–Kier alpha value is -3.05.